The molecular formula is C74H46N8. The van der Waals surface area contributed by atoms with E-state index in [0.717, 1.165) is 94.2 Å². The number of rotatable bonds is 8. The molecule has 0 unspecified atom stereocenters. The molecule has 6 aromatic heterocycles. The van der Waals surface area contributed by atoms with Crippen LogP contribution in [0.1, 0.15) is 0 Å². The minimum absolute atomic E-state index is 0.572. The van der Waals surface area contributed by atoms with E-state index >= 15 is 0 Å². The number of hydrogen-bond acceptors (Lipinski definition) is 4. The molecule has 382 valence electrons. The van der Waals surface area contributed by atoms with Gasteiger partial charge in [-0.3, -0.25) is 4.98 Å². The summed E-state index contributed by atoms with van der Waals surface area (Å²) in [5.41, 5.74) is 17.8. The first-order chi connectivity index (χ1) is 40.7. The van der Waals surface area contributed by atoms with E-state index in [2.05, 4.69) is 249 Å². The molecule has 0 aliphatic rings. The van der Waals surface area contributed by atoms with Gasteiger partial charge in [-0.1, -0.05) is 182 Å². The number of benzene rings is 11. The van der Waals surface area contributed by atoms with E-state index in [0.29, 0.717) is 17.5 Å². The highest BCUT2D eigenvalue weighted by atomic mass is 15.1. The molecule has 8 heteroatoms. The summed E-state index contributed by atoms with van der Waals surface area (Å²) in [5, 5.41) is 9.53. The SMILES string of the molecule is c1ccc(-c2nc(-c3ccccc3)nc(-c3ccc(-c4cnccc4-n4c5ccccc5c5cc(-n6c7ccccc7c7ccccc76)ccc54)c(-n4c5ccccc5c5cc(-n6c7ccccc7c7ccccc76)ccc54)c3)n2)cc1. The highest BCUT2D eigenvalue weighted by Gasteiger charge is 2.24. The third kappa shape index (κ3) is 6.98. The lowest BCUT2D eigenvalue weighted by atomic mass is 10.00. The van der Waals surface area contributed by atoms with E-state index in [4.69, 9.17) is 19.9 Å². The fraction of sp³-hybridized carbons (Fsp3) is 0. The average Bonchev–Trinajstić information content (AvgIpc) is 2.92. The van der Waals surface area contributed by atoms with Crippen molar-refractivity contribution < 1.29 is 0 Å². The van der Waals surface area contributed by atoms with Gasteiger partial charge in [-0.05, 0) is 84.9 Å². The summed E-state index contributed by atoms with van der Waals surface area (Å²) in [7, 11) is 0. The van der Waals surface area contributed by atoms with Crippen LogP contribution in [0, 0.1) is 0 Å². The molecule has 17 rings (SSSR count). The molecule has 0 atom stereocenters. The number of nitrogens with zero attached hydrogens (tertiary/aromatic N) is 8. The summed E-state index contributed by atoms with van der Waals surface area (Å²) >= 11 is 0. The summed E-state index contributed by atoms with van der Waals surface area (Å²) in [6, 6.07) is 95.4. The number of pyridine rings is 1. The Morgan fingerprint density at radius 2 is 0.585 bits per heavy atom. The van der Waals surface area contributed by atoms with E-state index in [1.165, 1.54) is 43.6 Å². The third-order valence-electron chi connectivity index (χ3n) is 16.5. The molecular weight excluding hydrogens is 1000 g/mol. The molecule has 82 heavy (non-hydrogen) atoms. The van der Waals surface area contributed by atoms with E-state index in [1.807, 2.05) is 48.8 Å². The van der Waals surface area contributed by atoms with Crippen LogP contribution >= 0.6 is 0 Å². The van der Waals surface area contributed by atoms with Crippen molar-refractivity contribution in [3.05, 3.63) is 279 Å². The summed E-state index contributed by atoms with van der Waals surface area (Å²) in [6.45, 7) is 0. The van der Waals surface area contributed by atoms with E-state index in [1.54, 1.807) is 0 Å². The van der Waals surface area contributed by atoms with E-state index < -0.39 is 0 Å². The van der Waals surface area contributed by atoms with E-state index in [9.17, 15) is 0 Å². The maximum Gasteiger partial charge on any atom is 0.164 e. The van der Waals surface area contributed by atoms with Gasteiger partial charge in [-0.15, -0.1) is 0 Å². The first kappa shape index (κ1) is 45.8. The van der Waals surface area contributed by atoms with Gasteiger partial charge < -0.3 is 18.3 Å². The zero-order chi connectivity index (χ0) is 53.8. The predicted molar refractivity (Wildman–Crippen MR) is 337 cm³/mol. The van der Waals surface area contributed by atoms with Crippen LogP contribution in [-0.2, 0) is 0 Å². The normalized spacial score (nSPS) is 11.9. The lowest BCUT2D eigenvalue weighted by Gasteiger charge is -2.19. The number of fused-ring (bicyclic) bond motifs is 12. The van der Waals surface area contributed by atoms with Crippen molar-refractivity contribution in [2.24, 2.45) is 0 Å². The lowest BCUT2D eigenvalue weighted by Crippen LogP contribution is -2.04. The first-order valence-electron chi connectivity index (χ1n) is 27.7. The molecule has 8 nitrogen and oxygen atoms in total. The van der Waals surface area contributed by atoms with Crippen LogP contribution in [0.4, 0.5) is 0 Å². The monoisotopic (exact) mass is 1050 g/mol. The van der Waals surface area contributed by atoms with Crippen molar-refractivity contribution in [2.45, 2.75) is 0 Å². The zero-order valence-corrected chi connectivity index (χ0v) is 44.1. The van der Waals surface area contributed by atoms with Gasteiger partial charge in [0, 0.05) is 94.7 Å². The van der Waals surface area contributed by atoms with Crippen molar-refractivity contribution in [1.82, 2.24) is 38.2 Å². The Bertz CT molecular complexity index is 5250. The van der Waals surface area contributed by atoms with Gasteiger partial charge in [-0.2, -0.15) is 0 Å². The lowest BCUT2D eigenvalue weighted by molar-refractivity contribution is 1.07. The highest BCUT2D eigenvalue weighted by Crippen LogP contribution is 2.44. The fourth-order valence-electron chi connectivity index (χ4n) is 12.9. The Balaban J connectivity index is 0.919. The van der Waals surface area contributed by atoms with Gasteiger partial charge in [0.25, 0.3) is 0 Å². The number of hydrogen-bond donors (Lipinski definition) is 0. The molecule has 11 aromatic carbocycles. The Hall–Kier alpha value is -11.2. The standard InChI is InChI=1S/C74H46N8/c1-3-19-47(20-4-1)72-76-73(48-21-5-2-6-22-48)78-74(77-72)49-35-38-58(71(43-49)82-67-34-18-12-28-57(67)60-45-51(37-40-69(60)82)80-64-31-15-9-25-54(64)55-26-10-16-32-65(55)80)61-46-75-42-41-70(61)81-66-33-17-11-27-56(66)59-44-50(36-39-68(59)81)79-62-29-13-7-23-52(62)53-24-8-14-30-63(53)79/h1-46H. The molecule has 0 spiro atoms. The Kier molecular flexibility index (Phi) is 10.1. The van der Waals surface area contributed by atoms with Crippen LogP contribution < -0.4 is 0 Å². The van der Waals surface area contributed by atoms with Gasteiger partial charge in [0.05, 0.1) is 55.5 Å². The molecule has 0 saturated carbocycles. The number of aromatic nitrogens is 8. The van der Waals surface area contributed by atoms with Gasteiger partial charge in [-0.25, -0.2) is 15.0 Å². The zero-order valence-electron chi connectivity index (χ0n) is 44.1. The fourth-order valence-corrected chi connectivity index (χ4v) is 12.9. The van der Waals surface area contributed by atoms with Gasteiger partial charge in [0.15, 0.2) is 17.5 Å². The quantitative estimate of drug-likeness (QED) is 0.152. The molecule has 17 aromatic rings. The van der Waals surface area contributed by atoms with Crippen LogP contribution in [0.25, 0.3) is 155 Å². The van der Waals surface area contributed by atoms with Gasteiger partial charge in [0.1, 0.15) is 0 Å². The topological polar surface area (TPSA) is 71.3 Å². The van der Waals surface area contributed by atoms with Crippen LogP contribution in [0.3, 0.4) is 0 Å². The van der Waals surface area contributed by atoms with E-state index in [-0.39, 0.29) is 0 Å². The minimum atomic E-state index is 0.572. The van der Waals surface area contributed by atoms with Crippen molar-refractivity contribution in [2.75, 3.05) is 0 Å². The summed E-state index contributed by atoms with van der Waals surface area (Å²) in [5.74, 6) is 1.78. The smallest absolute Gasteiger partial charge is 0.164 e. The van der Waals surface area contributed by atoms with Crippen molar-refractivity contribution in [3.8, 4) is 68.0 Å². The van der Waals surface area contributed by atoms with Crippen molar-refractivity contribution in [1.29, 1.82) is 0 Å². The molecule has 0 N–H and O–H groups in total. The molecule has 0 aliphatic carbocycles. The highest BCUT2D eigenvalue weighted by molar-refractivity contribution is 6.15. The molecule has 0 radical (unpaired) electrons. The second kappa shape index (κ2) is 18.2. The predicted octanol–water partition coefficient (Wildman–Crippen LogP) is 18.3. The molecule has 0 fully saturated rings. The first-order valence-corrected chi connectivity index (χ1v) is 27.7. The molecule has 0 bridgehead atoms. The Morgan fingerprint density at radius 1 is 0.232 bits per heavy atom. The summed E-state index contributed by atoms with van der Waals surface area (Å²) in [6.07, 6.45) is 3.94. The molecule has 0 amide bonds. The molecule has 6 heterocycles. The van der Waals surface area contributed by atoms with Crippen LogP contribution in [0.5, 0.6) is 0 Å². The number of para-hydroxylation sites is 6. The second-order valence-electron chi connectivity index (χ2n) is 21.0. The average molecular weight is 1050 g/mol. The third-order valence-corrected chi connectivity index (χ3v) is 16.5. The van der Waals surface area contributed by atoms with Gasteiger partial charge >= 0.3 is 0 Å². The molecule has 0 saturated heterocycles. The van der Waals surface area contributed by atoms with Crippen molar-refractivity contribution >= 4 is 87.2 Å². The van der Waals surface area contributed by atoms with Crippen LogP contribution in [0.15, 0.2) is 279 Å². The summed E-state index contributed by atoms with van der Waals surface area (Å²) < 4.78 is 9.65. The van der Waals surface area contributed by atoms with Crippen LogP contribution in [0.2, 0.25) is 0 Å². The Morgan fingerprint density at radius 3 is 1.02 bits per heavy atom. The second-order valence-corrected chi connectivity index (χ2v) is 21.0. The van der Waals surface area contributed by atoms with Gasteiger partial charge in [0.2, 0.25) is 0 Å². The summed E-state index contributed by atoms with van der Waals surface area (Å²) in [4.78, 5) is 20.6. The maximum absolute atomic E-state index is 5.27. The van der Waals surface area contributed by atoms with Crippen LogP contribution in [-0.4, -0.2) is 38.2 Å². The Labute approximate surface area is 470 Å². The maximum atomic E-state index is 5.27. The molecule has 0 aliphatic heterocycles. The van der Waals surface area contributed by atoms with Crippen molar-refractivity contribution in [3.63, 3.8) is 0 Å². The minimum Gasteiger partial charge on any atom is -0.309 e. The largest absolute Gasteiger partial charge is 0.309 e.